The van der Waals surface area contributed by atoms with Gasteiger partial charge in [0.25, 0.3) is 0 Å². The van der Waals surface area contributed by atoms with E-state index in [1.165, 1.54) is 4.31 Å². The second kappa shape index (κ2) is 8.32. The Morgan fingerprint density at radius 2 is 1.69 bits per heavy atom. The number of hydrogen-bond donors (Lipinski definition) is 2. The molecule has 1 fully saturated rings. The molecule has 6 nitrogen and oxygen atoms in total. The summed E-state index contributed by atoms with van der Waals surface area (Å²) in [5.74, 6) is 0. The van der Waals surface area contributed by atoms with Gasteiger partial charge in [0.05, 0.1) is 18.1 Å². The summed E-state index contributed by atoms with van der Waals surface area (Å²) < 4.78 is 31.8. The van der Waals surface area contributed by atoms with Crippen LogP contribution in [-0.2, 0) is 14.8 Å². The molecule has 0 bridgehead atoms. The highest BCUT2D eigenvalue weighted by molar-refractivity contribution is 7.89. The van der Waals surface area contributed by atoms with Crippen molar-refractivity contribution < 1.29 is 13.2 Å². The molecule has 1 aliphatic rings. The zero-order valence-corrected chi connectivity index (χ0v) is 16.2. The maximum absolute atomic E-state index is 12.6. The third-order valence-corrected chi connectivity index (χ3v) is 6.15. The predicted molar refractivity (Wildman–Crippen MR) is 107 cm³/mol. The van der Waals surface area contributed by atoms with Crippen molar-refractivity contribution in [2.75, 3.05) is 36.9 Å². The van der Waals surface area contributed by atoms with Crippen LogP contribution >= 0.6 is 23.8 Å². The number of sulfonamides is 1. The molecule has 26 heavy (non-hydrogen) atoms. The number of thiocarbonyl (C=S) groups is 1. The number of benzene rings is 2. The van der Waals surface area contributed by atoms with Crippen LogP contribution in [0.2, 0.25) is 5.02 Å². The van der Waals surface area contributed by atoms with E-state index in [0.29, 0.717) is 42.1 Å². The van der Waals surface area contributed by atoms with Gasteiger partial charge in [-0.3, -0.25) is 0 Å². The highest BCUT2D eigenvalue weighted by atomic mass is 35.5. The number of hydrogen-bond acceptors (Lipinski definition) is 4. The Morgan fingerprint density at radius 3 is 2.35 bits per heavy atom. The summed E-state index contributed by atoms with van der Waals surface area (Å²) >= 11 is 11.2. The van der Waals surface area contributed by atoms with Gasteiger partial charge in [0.1, 0.15) is 0 Å². The van der Waals surface area contributed by atoms with Crippen LogP contribution in [-0.4, -0.2) is 44.1 Å². The maximum atomic E-state index is 12.6. The van der Waals surface area contributed by atoms with Gasteiger partial charge in [-0.1, -0.05) is 17.7 Å². The quantitative estimate of drug-likeness (QED) is 0.753. The Morgan fingerprint density at radius 1 is 1.04 bits per heavy atom. The third-order valence-electron chi connectivity index (χ3n) is 3.80. The van der Waals surface area contributed by atoms with Gasteiger partial charge >= 0.3 is 0 Å². The molecule has 1 aliphatic heterocycles. The van der Waals surface area contributed by atoms with Crippen LogP contribution in [0, 0.1) is 0 Å². The normalized spacial score (nSPS) is 15.4. The molecule has 0 atom stereocenters. The molecule has 0 spiro atoms. The minimum atomic E-state index is -3.50. The van der Waals surface area contributed by atoms with Crippen molar-refractivity contribution in [3.8, 4) is 0 Å². The second-order valence-corrected chi connectivity index (χ2v) is 8.41. The smallest absolute Gasteiger partial charge is 0.243 e. The molecule has 0 amide bonds. The summed E-state index contributed by atoms with van der Waals surface area (Å²) in [6.45, 7) is 1.58. The van der Waals surface area contributed by atoms with Crippen molar-refractivity contribution in [3.05, 3.63) is 53.6 Å². The molecule has 138 valence electrons. The van der Waals surface area contributed by atoms with Crippen molar-refractivity contribution in [2.24, 2.45) is 0 Å². The van der Waals surface area contributed by atoms with Gasteiger partial charge in [-0.2, -0.15) is 4.31 Å². The topological polar surface area (TPSA) is 70.7 Å². The number of nitrogens with zero attached hydrogens (tertiary/aromatic N) is 1. The van der Waals surface area contributed by atoms with Crippen LogP contribution < -0.4 is 10.6 Å². The monoisotopic (exact) mass is 411 g/mol. The summed E-state index contributed by atoms with van der Waals surface area (Å²) in [5.41, 5.74) is 1.45. The molecular formula is C17H18ClN3O3S2. The van der Waals surface area contributed by atoms with Gasteiger partial charge in [-0.25, -0.2) is 8.42 Å². The average Bonchev–Trinajstić information content (AvgIpc) is 2.63. The van der Waals surface area contributed by atoms with Crippen LogP contribution in [0.5, 0.6) is 0 Å². The van der Waals surface area contributed by atoms with Gasteiger partial charge in [-0.05, 0) is 54.7 Å². The molecule has 0 aromatic heterocycles. The Balaban J connectivity index is 1.64. The Hall–Kier alpha value is -1.71. The standard InChI is InChI=1S/C17H18ClN3O3S2/c18-13-2-1-3-15(12-13)20-17(25)19-14-4-6-16(7-5-14)26(22,23)21-8-10-24-11-9-21/h1-7,12H,8-11H2,(H2,19,20,25). The molecule has 0 saturated carbocycles. The van der Waals surface area contributed by atoms with Crippen molar-refractivity contribution >= 4 is 50.3 Å². The Kier molecular flexibility index (Phi) is 6.10. The van der Waals surface area contributed by atoms with Gasteiger partial charge < -0.3 is 15.4 Å². The van der Waals surface area contributed by atoms with Crippen molar-refractivity contribution in [1.29, 1.82) is 0 Å². The highest BCUT2D eigenvalue weighted by Gasteiger charge is 2.26. The van der Waals surface area contributed by atoms with Gasteiger partial charge in [-0.15, -0.1) is 0 Å². The fourth-order valence-electron chi connectivity index (χ4n) is 2.51. The van der Waals surface area contributed by atoms with E-state index in [1.807, 2.05) is 12.1 Å². The van der Waals surface area contributed by atoms with E-state index in [2.05, 4.69) is 10.6 Å². The molecule has 9 heteroatoms. The summed E-state index contributed by atoms with van der Waals surface area (Å²) in [7, 11) is -3.50. The number of rotatable bonds is 4. The molecule has 2 aromatic carbocycles. The van der Waals surface area contributed by atoms with Gasteiger partial charge in [0, 0.05) is 29.5 Å². The third kappa shape index (κ3) is 4.72. The molecule has 1 saturated heterocycles. The summed E-state index contributed by atoms with van der Waals surface area (Å²) in [6.07, 6.45) is 0. The molecule has 3 rings (SSSR count). The molecule has 0 radical (unpaired) electrons. The fourth-order valence-corrected chi connectivity index (χ4v) is 4.34. The highest BCUT2D eigenvalue weighted by Crippen LogP contribution is 2.20. The van der Waals surface area contributed by atoms with E-state index in [0.717, 1.165) is 5.69 Å². The predicted octanol–water partition coefficient (Wildman–Crippen LogP) is 3.17. The van der Waals surface area contributed by atoms with E-state index in [4.69, 9.17) is 28.6 Å². The lowest BCUT2D eigenvalue weighted by Gasteiger charge is -2.26. The number of ether oxygens (including phenoxy) is 1. The molecular weight excluding hydrogens is 394 g/mol. The van der Waals surface area contributed by atoms with Crippen molar-refractivity contribution in [2.45, 2.75) is 4.90 Å². The average molecular weight is 412 g/mol. The lowest BCUT2D eigenvalue weighted by Crippen LogP contribution is -2.40. The van der Waals surface area contributed by atoms with E-state index in [9.17, 15) is 8.42 Å². The van der Waals surface area contributed by atoms with Crippen molar-refractivity contribution in [1.82, 2.24) is 4.31 Å². The van der Waals surface area contributed by atoms with E-state index < -0.39 is 10.0 Å². The molecule has 0 unspecified atom stereocenters. The van der Waals surface area contributed by atoms with E-state index >= 15 is 0 Å². The van der Waals surface area contributed by atoms with Crippen LogP contribution in [0.4, 0.5) is 11.4 Å². The van der Waals surface area contributed by atoms with Crippen LogP contribution in [0.25, 0.3) is 0 Å². The first-order valence-corrected chi connectivity index (χ1v) is 10.2. The van der Waals surface area contributed by atoms with E-state index in [-0.39, 0.29) is 4.90 Å². The minimum absolute atomic E-state index is 0.249. The number of anilines is 2. The van der Waals surface area contributed by atoms with E-state index in [1.54, 1.807) is 36.4 Å². The van der Waals surface area contributed by atoms with Crippen molar-refractivity contribution in [3.63, 3.8) is 0 Å². The number of halogens is 1. The Labute approximate surface area is 163 Å². The fraction of sp³-hybridized carbons (Fsp3) is 0.235. The SMILES string of the molecule is O=S(=O)(c1ccc(NC(=S)Nc2cccc(Cl)c2)cc1)N1CCOCC1. The summed E-state index contributed by atoms with van der Waals surface area (Å²) in [6, 6.07) is 13.7. The van der Waals surface area contributed by atoms with Gasteiger partial charge in [0.15, 0.2) is 5.11 Å². The van der Waals surface area contributed by atoms with Crippen LogP contribution in [0.15, 0.2) is 53.4 Å². The zero-order chi connectivity index (χ0) is 18.6. The first kappa shape index (κ1) is 19.1. The largest absolute Gasteiger partial charge is 0.379 e. The lowest BCUT2D eigenvalue weighted by atomic mass is 10.3. The molecule has 0 aliphatic carbocycles. The Bertz CT molecular complexity index is 882. The molecule has 2 aromatic rings. The molecule has 2 N–H and O–H groups in total. The summed E-state index contributed by atoms with van der Waals surface area (Å²) in [4.78, 5) is 0.249. The second-order valence-electron chi connectivity index (χ2n) is 5.63. The molecule has 1 heterocycles. The first-order chi connectivity index (χ1) is 12.4. The van der Waals surface area contributed by atoms with Crippen LogP contribution in [0.3, 0.4) is 0 Å². The maximum Gasteiger partial charge on any atom is 0.243 e. The number of morpholine rings is 1. The lowest BCUT2D eigenvalue weighted by molar-refractivity contribution is 0.0730. The first-order valence-electron chi connectivity index (χ1n) is 7.97. The van der Waals surface area contributed by atoms with Gasteiger partial charge in [0.2, 0.25) is 10.0 Å². The number of nitrogens with one attached hydrogen (secondary N) is 2. The zero-order valence-electron chi connectivity index (χ0n) is 13.8. The summed E-state index contributed by atoms with van der Waals surface area (Å²) in [5, 5.41) is 7.03. The van der Waals surface area contributed by atoms with Crippen LogP contribution in [0.1, 0.15) is 0 Å². The minimum Gasteiger partial charge on any atom is -0.379 e.